The Hall–Kier alpha value is -2.80. The molecule has 0 fully saturated rings. The lowest BCUT2D eigenvalue weighted by Gasteiger charge is -2.42. The quantitative estimate of drug-likeness (QED) is 0.373. The Morgan fingerprint density at radius 3 is 2.09 bits per heavy atom. The van der Waals surface area contributed by atoms with Gasteiger partial charge in [0.15, 0.2) is 0 Å². The first kappa shape index (κ1) is 22.4. The Kier molecular flexibility index (Phi) is 6.03. The van der Waals surface area contributed by atoms with Gasteiger partial charge >= 0.3 is 0 Å². The van der Waals surface area contributed by atoms with E-state index in [0.717, 1.165) is 5.75 Å². The van der Waals surface area contributed by atoms with E-state index in [1.807, 2.05) is 0 Å². The van der Waals surface area contributed by atoms with Crippen LogP contribution in [0.3, 0.4) is 0 Å². The number of ether oxygens (including phenoxy) is 1. The number of fused-ring (bicyclic) bond motifs is 1. The summed E-state index contributed by atoms with van der Waals surface area (Å²) in [6.45, 7) is 14.4. The Bertz CT molecular complexity index is 1110. The molecule has 0 aromatic heterocycles. The molecule has 3 aromatic carbocycles. The summed E-state index contributed by atoms with van der Waals surface area (Å²) in [6, 6.07) is 24.0. The molecule has 4 rings (SSSR count). The molecule has 0 saturated carbocycles. The smallest absolute Gasteiger partial charge is 0.119 e. The highest BCUT2D eigenvalue weighted by molar-refractivity contribution is 5.80. The molecule has 0 heterocycles. The van der Waals surface area contributed by atoms with E-state index in [4.69, 9.17) is 4.74 Å². The maximum absolute atomic E-state index is 5.96. The summed E-state index contributed by atoms with van der Waals surface area (Å²) in [4.78, 5) is 0. The number of aryl methyl sites for hydroxylation is 1. The lowest BCUT2D eigenvalue weighted by molar-refractivity contribution is 0.306. The first-order chi connectivity index (χ1) is 15.1. The van der Waals surface area contributed by atoms with Crippen molar-refractivity contribution in [2.45, 2.75) is 71.8 Å². The summed E-state index contributed by atoms with van der Waals surface area (Å²) >= 11 is 0. The second kappa shape index (κ2) is 8.62. The van der Waals surface area contributed by atoms with E-state index in [0.29, 0.717) is 6.61 Å². The van der Waals surface area contributed by atoms with Crippen molar-refractivity contribution in [3.05, 3.63) is 100 Å². The summed E-state index contributed by atoms with van der Waals surface area (Å²) < 4.78 is 5.96. The summed E-state index contributed by atoms with van der Waals surface area (Å²) in [7, 11) is 0. The van der Waals surface area contributed by atoms with E-state index < -0.39 is 0 Å². The lowest BCUT2D eigenvalue weighted by Crippen LogP contribution is -2.33. The van der Waals surface area contributed by atoms with Crippen molar-refractivity contribution in [1.29, 1.82) is 0 Å². The molecule has 0 atom stereocenters. The molecular weight excluding hydrogens is 388 g/mol. The number of hydrogen-bond acceptors (Lipinski definition) is 1. The fraction of sp³-hybridized carbons (Fsp3) is 0.355. The molecule has 1 nitrogen and oxygen atoms in total. The molecule has 1 aliphatic carbocycles. The first-order valence-electron chi connectivity index (χ1n) is 11.8. The summed E-state index contributed by atoms with van der Waals surface area (Å²) in [5, 5.41) is 0. The zero-order valence-corrected chi connectivity index (χ0v) is 20.5. The van der Waals surface area contributed by atoms with Gasteiger partial charge in [-0.2, -0.15) is 0 Å². The average Bonchev–Trinajstić information content (AvgIpc) is 2.77. The standard InChI is InChI=1S/C31H36O/c1-22-7-9-25(10-8-22)21-32-27-14-11-24(12-15-27)19-23(2)26-13-16-28-29(20-26)31(5,6)18-17-30(28,3)4/h7-16,19-20H,17-18,21H2,1-6H3/b23-19+. The third-order valence-electron chi connectivity index (χ3n) is 7.10. The van der Waals surface area contributed by atoms with E-state index in [1.165, 1.54) is 51.8 Å². The van der Waals surface area contributed by atoms with E-state index in [1.54, 1.807) is 0 Å². The van der Waals surface area contributed by atoms with Crippen LogP contribution in [0.15, 0.2) is 66.7 Å². The van der Waals surface area contributed by atoms with E-state index in [9.17, 15) is 0 Å². The molecule has 0 bridgehead atoms. The number of allylic oxidation sites excluding steroid dienone is 1. The zero-order chi connectivity index (χ0) is 22.9. The summed E-state index contributed by atoms with van der Waals surface area (Å²) in [5.74, 6) is 0.901. The Morgan fingerprint density at radius 1 is 0.812 bits per heavy atom. The molecule has 32 heavy (non-hydrogen) atoms. The largest absolute Gasteiger partial charge is 0.489 e. The molecule has 0 aliphatic heterocycles. The van der Waals surface area contributed by atoms with Crippen molar-refractivity contribution in [2.24, 2.45) is 0 Å². The normalized spacial score (nSPS) is 17.0. The first-order valence-corrected chi connectivity index (χ1v) is 11.8. The second-order valence-electron chi connectivity index (χ2n) is 10.7. The minimum absolute atomic E-state index is 0.234. The highest BCUT2D eigenvalue weighted by atomic mass is 16.5. The van der Waals surface area contributed by atoms with Crippen molar-refractivity contribution in [2.75, 3.05) is 0 Å². The molecule has 0 N–H and O–H groups in total. The molecule has 1 aliphatic rings. The Balaban J connectivity index is 1.50. The van der Waals surface area contributed by atoms with Gasteiger partial charge < -0.3 is 4.74 Å². The number of benzene rings is 3. The van der Waals surface area contributed by atoms with Gasteiger partial charge in [0, 0.05) is 0 Å². The predicted molar refractivity (Wildman–Crippen MR) is 137 cm³/mol. The Morgan fingerprint density at radius 2 is 1.44 bits per heavy atom. The Labute approximate surface area is 194 Å². The minimum Gasteiger partial charge on any atom is -0.489 e. The van der Waals surface area contributed by atoms with Gasteiger partial charge in [-0.15, -0.1) is 0 Å². The van der Waals surface area contributed by atoms with E-state index >= 15 is 0 Å². The van der Waals surface area contributed by atoms with Crippen LogP contribution in [0.2, 0.25) is 0 Å². The van der Waals surface area contributed by atoms with Crippen LogP contribution in [0.5, 0.6) is 5.75 Å². The van der Waals surface area contributed by atoms with Crippen LogP contribution in [0.1, 0.15) is 80.8 Å². The van der Waals surface area contributed by atoms with Crippen LogP contribution < -0.4 is 4.74 Å². The van der Waals surface area contributed by atoms with Gasteiger partial charge in [0.2, 0.25) is 0 Å². The predicted octanol–water partition coefficient (Wildman–Crippen LogP) is 8.48. The van der Waals surface area contributed by atoms with Gasteiger partial charge in [-0.05, 0) is 83.0 Å². The van der Waals surface area contributed by atoms with Gasteiger partial charge in [-0.1, -0.05) is 93.9 Å². The van der Waals surface area contributed by atoms with Gasteiger partial charge in [-0.25, -0.2) is 0 Å². The van der Waals surface area contributed by atoms with Crippen LogP contribution in [0.25, 0.3) is 11.6 Å². The maximum atomic E-state index is 5.96. The van der Waals surface area contributed by atoms with Crippen LogP contribution in [0, 0.1) is 6.92 Å². The number of hydrogen-bond donors (Lipinski definition) is 0. The highest BCUT2D eigenvalue weighted by Crippen LogP contribution is 2.46. The zero-order valence-electron chi connectivity index (χ0n) is 20.5. The summed E-state index contributed by atoms with van der Waals surface area (Å²) in [6.07, 6.45) is 4.76. The van der Waals surface area contributed by atoms with E-state index in [2.05, 4.69) is 114 Å². The molecule has 0 unspecified atom stereocenters. The maximum Gasteiger partial charge on any atom is 0.119 e. The van der Waals surface area contributed by atoms with Crippen molar-refractivity contribution in [3.8, 4) is 5.75 Å². The van der Waals surface area contributed by atoms with Crippen LogP contribution >= 0.6 is 0 Å². The second-order valence-corrected chi connectivity index (χ2v) is 10.7. The van der Waals surface area contributed by atoms with Crippen molar-refractivity contribution in [1.82, 2.24) is 0 Å². The topological polar surface area (TPSA) is 9.23 Å². The SMILES string of the molecule is C/C(=C\c1ccc(OCc2ccc(C)cc2)cc1)c1ccc2c(c1)C(C)(C)CCC2(C)C. The molecule has 0 radical (unpaired) electrons. The molecule has 1 heteroatoms. The van der Waals surface area contributed by atoms with Crippen LogP contribution in [0.4, 0.5) is 0 Å². The van der Waals surface area contributed by atoms with Crippen molar-refractivity contribution >= 4 is 11.6 Å². The molecule has 0 amide bonds. The minimum atomic E-state index is 0.234. The summed E-state index contributed by atoms with van der Waals surface area (Å²) in [5.41, 5.74) is 9.78. The van der Waals surface area contributed by atoms with Gasteiger partial charge in [0.25, 0.3) is 0 Å². The van der Waals surface area contributed by atoms with Crippen molar-refractivity contribution < 1.29 is 4.74 Å². The monoisotopic (exact) mass is 424 g/mol. The van der Waals surface area contributed by atoms with E-state index in [-0.39, 0.29) is 10.8 Å². The van der Waals surface area contributed by atoms with Gasteiger partial charge in [-0.3, -0.25) is 0 Å². The molecule has 0 spiro atoms. The van der Waals surface area contributed by atoms with Crippen LogP contribution in [-0.4, -0.2) is 0 Å². The van der Waals surface area contributed by atoms with Gasteiger partial charge in [0.05, 0.1) is 0 Å². The third-order valence-corrected chi connectivity index (χ3v) is 7.10. The third kappa shape index (κ3) is 4.83. The molecular formula is C31H36O. The molecule has 166 valence electrons. The molecule has 0 saturated heterocycles. The number of rotatable bonds is 5. The fourth-order valence-corrected chi connectivity index (χ4v) is 4.68. The highest BCUT2D eigenvalue weighted by Gasteiger charge is 2.36. The molecule has 3 aromatic rings. The van der Waals surface area contributed by atoms with Gasteiger partial charge in [0.1, 0.15) is 12.4 Å². The van der Waals surface area contributed by atoms with Crippen LogP contribution in [-0.2, 0) is 17.4 Å². The lowest BCUT2D eigenvalue weighted by atomic mass is 9.63. The fourth-order valence-electron chi connectivity index (χ4n) is 4.68. The average molecular weight is 425 g/mol. The van der Waals surface area contributed by atoms with Crippen molar-refractivity contribution in [3.63, 3.8) is 0 Å².